The van der Waals surface area contributed by atoms with Crippen molar-refractivity contribution in [3.63, 3.8) is 0 Å². The summed E-state index contributed by atoms with van der Waals surface area (Å²) in [6.07, 6.45) is 1.60. The van der Waals surface area contributed by atoms with E-state index in [0.717, 1.165) is 12.8 Å². The average Bonchev–Trinajstić information content (AvgIpc) is 2.66. The number of ether oxygens (including phenoxy) is 1. The predicted octanol–water partition coefficient (Wildman–Crippen LogP) is 1.79. The molecule has 2 unspecified atom stereocenters. The highest BCUT2D eigenvalue weighted by molar-refractivity contribution is 5.82. The first kappa shape index (κ1) is 20.2. The van der Waals surface area contributed by atoms with E-state index in [0.29, 0.717) is 25.4 Å². The number of likely N-dealkylation sites (tertiary alicyclic amines) is 1. The molecule has 26 heavy (non-hydrogen) atoms. The molecular weight excluding hydrogens is 330 g/mol. The van der Waals surface area contributed by atoms with Crippen molar-refractivity contribution in [2.45, 2.75) is 39.2 Å². The number of hydrogen-bond acceptors (Lipinski definition) is 4. The molecule has 144 valence electrons. The molecule has 1 saturated heterocycles. The largest absolute Gasteiger partial charge is 0.484 e. The van der Waals surface area contributed by atoms with Crippen LogP contribution in [0.3, 0.4) is 0 Å². The Kier molecular flexibility index (Phi) is 7.03. The maximum absolute atomic E-state index is 12.7. The molecule has 0 spiro atoms. The number of nitrogens with two attached hydrogens (primary N) is 1. The van der Waals surface area contributed by atoms with E-state index >= 15 is 0 Å². The highest BCUT2D eigenvalue weighted by Crippen LogP contribution is 2.21. The Labute approximate surface area is 156 Å². The normalized spacial score (nSPS) is 19.7. The zero-order chi connectivity index (χ0) is 19.2. The minimum Gasteiger partial charge on any atom is -0.484 e. The molecule has 2 rings (SSSR count). The number of rotatable bonds is 7. The highest BCUT2D eigenvalue weighted by atomic mass is 16.5. The minimum absolute atomic E-state index is 0.00907. The molecule has 1 aliphatic heterocycles. The van der Waals surface area contributed by atoms with Crippen molar-refractivity contribution in [2.24, 2.45) is 17.6 Å². The van der Waals surface area contributed by atoms with Crippen LogP contribution in [-0.2, 0) is 9.59 Å². The van der Waals surface area contributed by atoms with Crippen molar-refractivity contribution in [1.82, 2.24) is 10.2 Å². The first-order valence-electron chi connectivity index (χ1n) is 9.33. The van der Waals surface area contributed by atoms with Gasteiger partial charge in [-0.15, -0.1) is 0 Å². The number of benzene rings is 1. The van der Waals surface area contributed by atoms with Crippen molar-refractivity contribution >= 4 is 11.8 Å². The number of carbonyl (C=O) groups is 2. The van der Waals surface area contributed by atoms with Crippen LogP contribution in [0.15, 0.2) is 30.3 Å². The van der Waals surface area contributed by atoms with Crippen molar-refractivity contribution < 1.29 is 14.3 Å². The van der Waals surface area contributed by atoms with E-state index in [-0.39, 0.29) is 30.3 Å². The van der Waals surface area contributed by atoms with Gasteiger partial charge in [-0.25, -0.2) is 0 Å². The lowest BCUT2D eigenvalue weighted by Gasteiger charge is -2.37. The van der Waals surface area contributed by atoms with Gasteiger partial charge in [0.25, 0.3) is 5.91 Å². The number of para-hydroxylation sites is 1. The van der Waals surface area contributed by atoms with Crippen molar-refractivity contribution in [2.75, 3.05) is 26.2 Å². The highest BCUT2D eigenvalue weighted by Gasteiger charge is 2.34. The molecule has 2 amide bonds. The molecule has 1 heterocycles. The predicted molar refractivity (Wildman–Crippen MR) is 102 cm³/mol. The molecular formula is C20H31N3O3. The molecule has 6 heteroatoms. The van der Waals surface area contributed by atoms with Gasteiger partial charge in [-0.05, 0) is 37.8 Å². The standard InChI is InChI=1S/C20H31N3O3/c1-15(2)20(3,14-21)22-19(25)16-8-7-11-23(12-16)18(24)13-26-17-9-5-4-6-10-17/h4-6,9-10,15-16H,7-8,11-14,21H2,1-3H3,(H,22,25). The van der Waals surface area contributed by atoms with Gasteiger partial charge >= 0.3 is 0 Å². The van der Waals surface area contributed by atoms with Gasteiger partial charge in [-0.3, -0.25) is 9.59 Å². The number of hydrogen-bond donors (Lipinski definition) is 2. The second kappa shape index (κ2) is 9.03. The van der Waals surface area contributed by atoms with E-state index < -0.39 is 5.54 Å². The van der Waals surface area contributed by atoms with Crippen LogP contribution in [0.4, 0.5) is 0 Å². The fraction of sp³-hybridized carbons (Fsp3) is 0.600. The molecule has 0 aromatic heterocycles. The van der Waals surface area contributed by atoms with Crippen molar-refractivity contribution in [3.05, 3.63) is 30.3 Å². The van der Waals surface area contributed by atoms with Crippen molar-refractivity contribution in [1.29, 1.82) is 0 Å². The van der Waals surface area contributed by atoms with Crippen LogP contribution in [-0.4, -0.2) is 48.5 Å². The van der Waals surface area contributed by atoms with Crippen LogP contribution >= 0.6 is 0 Å². The van der Waals surface area contributed by atoms with Crippen LogP contribution in [0.5, 0.6) is 5.75 Å². The summed E-state index contributed by atoms with van der Waals surface area (Å²) in [7, 11) is 0. The van der Waals surface area contributed by atoms with E-state index in [2.05, 4.69) is 5.32 Å². The first-order valence-corrected chi connectivity index (χ1v) is 9.33. The molecule has 1 aliphatic rings. The van der Waals surface area contributed by atoms with Crippen LogP contribution in [0.2, 0.25) is 0 Å². The number of carbonyl (C=O) groups excluding carboxylic acids is 2. The van der Waals surface area contributed by atoms with Gasteiger partial charge < -0.3 is 20.7 Å². The molecule has 1 aromatic rings. The zero-order valence-electron chi connectivity index (χ0n) is 16.0. The number of piperidine rings is 1. The second-order valence-electron chi connectivity index (χ2n) is 7.55. The van der Waals surface area contributed by atoms with Gasteiger partial charge in [0, 0.05) is 19.6 Å². The summed E-state index contributed by atoms with van der Waals surface area (Å²) >= 11 is 0. The van der Waals surface area contributed by atoms with E-state index in [1.165, 1.54) is 0 Å². The first-order chi connectivity index (χ1) is 12.4. The summed E-state index contributed by atoms with van der Waals surface area (Å²) in [5.41, 5.74) is 5.43. The summed E-state index contributed by atoms with van der Waals surface area (Å²) in [4.78, 5) is 26.9. The Balaban J connectivity index is 1.89. The monoisotopic (exact) mass is 361 g/mol. The third kappa shape index (κ3) is 5.21. The molecule has 2 atom stereocenters. The Morgan fingerprint density at radius 2 is 2.04 bits per heavy atom. The lowest BCUT2D eigenvalue weighted by Crippen LogP contribution is -2.58. The van der Waals surface area contributed by atoms with E-state index in [1.54, 1.807) is 4.90 Å². The van der Waals surface area contributed by atoms with E-state index in [4.69, 9.17) is 10.5 Å². The molecule has 1 aromatic carbocycles. The van der Waals surface area contributed by atoms with E-state index in [9.17, 15) is 9.59 Å². The summed E-state index contributed by atoms with van der Waals surface area (Å²) in [6.45, 7) is 7.53. The summed E-state index contributed by atoms with van der Waals surface area (Å²) in [6, 6.07) is 9.27. The maximum atomic E-state index is 12.7. The molecule has 0 radical (unpaired) electrons. The number of nitrogens with one attached hydrogen (secondary N) is 1. The average molecular weight is 361 g/mol. The second-order valence-corrected chi connectivity index (χ2v) is 7.55. The zero-order valence-corrected chi connectivity index (χ0v) is 16.0. The Hall–Kier alpha value is -2.08. The minimum atomic E-state index is -0.431. The van der Waals surface area contributed by atoms with Gasteiger partial charge in [-0.1, -0.05) is 32.0 Å². The number of nitrogens with zero attached hydrogens (tertiary/aromatic N) is 1. The fourth-order valence-corrected chi connectivity index (χ4v) is 2.99. The lowest BCUT2D eigenvalue weighted by atomic mass is 9.87. The Morgan fingerprint density at radius 1 is 1.35 bits per heavy atom. The van der Waals surface area contributed by atoms with Gasteiger partial charge in [0.05, 0.1) is 11.5 Å². The fourth-order valence-electron chi connectivity index (χ4n) is 2.99. The third-order valence-corrected chi connectivity index (χ3v) is 5.36. The molecule has 6 nitrogen and oxygen atoms in total. The number of amides is 2. The van der Waals surface area contributed by atoms with E-state index in [1.807, 2.05) is 51.1 Å². The summed E-state index contributed by atoms with van der Waals surface area (Å²) in [5.74, 6) is 0.596. The summed E-state index contributed by atoms with van der Waals surface area (Å²) in [5, 5.41) is 3.10. The van der Waals surface area contributed by atoms with Crippen molar-refractivity contribution in [3.8, 4) is 5.75 Å². The van der Waals surface area contributed by atoms with Crippen LogP contribution in [0, 0.1) is 11.8 Å². The molecule has 0 aliphatic carbocycles. The van der Waals surface area contributed by atoms with Crippen LogP contribution in [0.25, 0.3) is 0 Å². The van der Waals surface area contributed by atoms with Gasteiger partial charge in [0.1, 0.15) is 5.75 Å². The van der Waals surface area contributed by atoms with Gasteiger partial charge in [-0.2, -0.15) is 0 Å². The maximum Gasteiger partial charge on any atom is 0.260 e. The van der Waals surface area contributed by atoms with Gasteiger partial charge in [0.2, 0.25) is 5.91 Å². The Bertz CT molecular complexity index is 606. The smallest absolute Gasteiger partial charge is 0.260 e. The topological polar surface area (TPSA) is 84.7 Å². The molecule has 0 saturated carbocycles. The molecule has 3 N–H and O–H groups in total. The van der Waals surface area contributed by atoms with Crippen LogP contribution < -0.4 is 15.8 Å². The summed E-state index contributed by atoms with van der Waals surface area (Å²) < 4.78 is 5.54. The quantitative estimate of drug-likeness (QED) is 0.775. The lowest BCUT2D eigenvalue weighted by molar-refractivity contribution is -0.138. The van der Waals surface area contributed by atoms with Gasteiger partial charge in [0.15, 0.2) is 6.61 Å². The van der Waals surface area contributed by atoms with Crippen LogP contribution in [0.1, 0.15) is 33.6 Å². The Morgan fingerprint density at radius 3 is 2.65 bits per heavy atom. The SMILES string of the molecule is CC(C)C(C)(CN)NC(=O)C1CCCN(C(=O)COc2ccccc2)C1. The molecule has 1 fully saturated rings. The molecule has 0 bridgehead atoms. The third-order valence-electron chi connectivity index (χ3n) is 5.36.